The van der Waals surface area contributed by atoms with E-state index < -0.39 is 10.0 Å². The van der Waals surface area contributed by atoms with Crippen LogP contribution in [0.2, 0.25) is 0 Å². The highest BCUT2D eigenvalue weighted by Gasteiger charge is 2.32. The summed E-state index contributed by atoms with van der Waals surface area (Å²) in [6.45, 7) is 6.57. The summed E-state index contributed by atoms with van der Waals surface area (Å²) in [5, 5.41) is 5.02. The number of benzene rings is 1. The zero-order chi connectivity index (χ0) is 21.0. The lowest BCUT2D eigenvalue weighted by atomic mass is 9.98. The van der Waals surface area contributed by atoms with Crippen molar-refractivity contribution >= 4 is 44.7 Å². The number of hydrogen-bond acceptors (Lipinski definition) is 6. The molecule has 1 saturated heterocycles. The predicted octanol–water partition coefficient (Wildman–Crippen LogP) is 4.30. The van der Waals surface area contributed by atoms with Crippen molar-refractivity contribution < 1.29 is 13.2 Å². The number of piperidine rings is 1. The van der Waals surface area contributed by atoms with E-state index in [0.717, 1.165) is 26.2 Å². The molecule has 29 heavy (non-hydrogen) atoms. The van der Waals surface area contributed by atoms with Crippen molar-refractivity contribution in [3.63, 3.8) is 0 Å². The van der Waals surface area contributed by atoms with Crippen LogP contribution in [0.25, 0.3) is 0 Å². The molecule has 1 N–H and O–H groups in total. The minimum absolute atomic E-state index is 0.111. The molecule has 1 fully saturated rings. The standard InChI is InChI=1S/C20H27N3O3S3/c1-4-10-29(25,26)23-9-5-6-16(12-23)19(24)22-18-8-7-17(11-14(18)2)28-20-21-15(3)13-27-20/h7-8,11,13,16H,4-6,9-10,12H2,1-3H3,(H,22,24). The Bertz CT molecular complexity index is 972. The number of carbonyl (C=O) groups is 1. The molecule has 0 radical (unpaired) electrons. The first-order chi connectivity index (χ1) is 13.8. The van der Waals surface area contributed by atoms with Crippen LogP contribution < -0.4 is 5.32 Å². The van der Waals surface area contributed by atoms with Gasteiger partial charge in [0.05, 0.1) is 11.7 Å². The van der Waals surface area contributed by atoms with Gasteiger partial charge in [-0.2, -0.15) is 0 Å². The number of amides is 1. The van der Waals surface area contributed by atoms with Crippen molar-refractivity contribution in [3.05, 3.63) is 34.8 Å². The minimum atomic E-state index is -3.27. The van der Waals surface area contributed by atoms with Gasteiger partial charge < -0.3 is 5.32 Å². The lowest BCUT2D eigenvalue weighted by Gasteiger charge is -2.31. The Morgan fingerprint density at radius 3 is 2.83 bits per heavy atom. The van der Waals surface area contributed by atoms with Crippen LogP contribution in [0.4, 0.5) is 5.69 Å². The molecule has 0 saturated carbocycles. The van der Waals surface area contributed by atoms with Gasteiger partial charge in [0, 0.05) is 34.7 Å². The number of rotatable bonds is 7. The van der Waals surface area contributed by atoms with E-state index in [-0.39, 0.29) is 24.1 Å². The Morgan fingerprint density at radius 2 is 2.17 bits per heavy atom. The van der Waals surface area contributed by atoms with Crippen molar-refractivity contribution in [2.45, 2.75) is 49.3 Å². The third-order valence-corrected chi connectivity index (χ3v) is 8.96. The number of anilines is 1. The Hall–Kier alpha value is -1.42. The fourth-order valence-electron chi connectivity index (χ4n) is 3.35. The van der Waals surface area contributed by atoms with Crippen LogP contribution in [0.3, 0.4) is 0 Å². The molecule has 1 aliphatic rings. The van der Waals surface area contributed by atoms with E-state index >= 15 is 0 Å². The van der Waals surface area contributed by atoms with Crippen LogP contribution in [0.15, 0.2) is 32.8 Å². The summed E-state index contributed by atoms with van der Waals surface area (Å²) in [5.41, 5.74) is 2.76. The molecule has 0 bridgehead atoms. The molecular formula is C20H27N3O3S3. The van der Waals surface area contributed by atoms with Crippen molar-refractivity contribution in [2.75, 3.05) is 24.2 Å². The molecule has 1 atom stereocenters. The summed E-state index contributed by atoms with van der Waals surface area (Å²) in [6, 6.07) is 5.92. The third kappa shape index (κ3) is 5.81. The first-order valence-electron chi connectivity index (χ1n) is 9.78. The Kier molecular flexibility index (Phi) is 7.37. The summed E-state index contributed by atoms with van der Waals surface area (Å²) in [6.07, 6.45) is 2.00. The quantitative estimate of drug-likeness (QED) is 0.676. The van der Waals surface area contributed by atoms with Crippen LogP contribution in [0.5, 0.6) is 0 Å². The highest BCUT2D eigenvalue weighted by atomic mass is 32.2. The van der Waals surface area contributed by atoms with Crippen molar-refractivity contribution in [3.8, 4) is 0 Å². The number of thiazole rings is 1. The van der Waals surface area contributed by atoms with E-state index in [1.165, 1.54) is 4.31 Å². The van der Waals surface area contributed by atoms with E-state index in [9.17, 15) is 13.2 Å². The molecule has 2 heterocycles. The SMILES string of the molecule is CCCS(=O)(=O)N1CCCC(C(=O)Nc2ccc(Sc3nc(C)cs3)cc2C)C1. The smallest absolute Gasteiger partial charge is 0.228 e. The Morgan fingerprint density at radius 1 is 1.38 bits per heavy atom. The van der Waals surface area contributed by atoms with Gasteiger partial charge in [-0.1, -0.05) is 18.7 Å². The maximum Gasteiger partial charge on any atom is 0.228 e. The fraction of sp³-hybridized carbons (Fsp3) is 0.500. The fourth-order valence-corrected chi connectivity index (χ4v) is 6.85. The summed E-state index contributed by atoms with van der Waals surface area (Å²) in [7, 11) is -3.27. The number of sulfonamides is 1. The molecule has 1 aromatic carbocycles. The molecule has 158 valence electrons. The Labute approximate surface area is 181 Å². The Balaban J connectivity index is 1.64. The zero-order valence-electron chi connectivity index (χ0n) is 17.0. The lowest BCUT2D eigenvalue weighted by molar-refractivity contribution is -0.120. The van der Waals surface area contributed by atoms with Gasteiger partial charge in [0.25, 0.3) is 0 Å². The first kappa shape index (κ1) is 22.3. The van der Waals surface area contributed by atoms with E-state index in [4.69, 9.17) is 0 Å². The molecule has 6 nitrogen and oxygen atoms in total. The summed E-state index contributed by atoms with van der Waals surface area (Å²) < 4.78 is 27.2. The van der Waals surface area contributed by atoms with Gasteiger partial charge in [-0.15, -0.1) is 11.3 Å². The second-order valence-electron chi connectivity index (χ2n) is 7.34. The summed E-state index contributed by atoms with van der Waals surface area (Å²) in [5.74, 6) is -0.291. The number of hydrogen-bond donors (Lipinski definition) is 1. The summed E-state index contributed by atoms with van der Waals surface area (Å²) in [4.78, 5) is 18.3. The topological polar surface area (TPSA) is 79.4 Å². The van der Waals surface area contributed by atoms with Crippen LogP contribution in [-0.2, 0) is 14.8 Å². The predicted molar refractivity (Wildman–Crippen MR) is 119 cm³/mol. The number of nitrogens with zero attached hydrogens (tertiary/aromatic N) is 2. The van der Waals surface area contributed by atoms with Gasteiger partial charge in [0.1, 0.15) is 0 Å². The van der Waals surface area contributed by atoms with Crippen molar-refractivity contribution in [2.24, 2.45) is 5.92 Å². The number of aryl methyl sites for hydroxylation is 2. The van der Waals surface area contributed by atoms with Gasteiger partial charge in [-0.3, -0.25) is 4.79 Å². The average Bonchev–Trinajstić information content (AvgIpc) is 3.08. The van der Waals surface area contributed by atoms with E-state index in [0.29, 0.717) is 25.8 Å². The number of carbonyl (C=O) groups excluding carboxylic acids is 1. The highest BCUT2D eigenvalue weighted by Crippen LogP contribution is 2.32. The van der Waals surface area contributed by atoms with Gasteiger partial charge >= 0.3 is 0 Å². The van der Waals surface area contributed by atoms with Gasteiger partial charge in [0.15, 0.2) is 4.34 Å². The van der Waals surface area contributed by atoms with Crippen LogP contribution in [0, 0.1) is 19.8 Å². The monoisotopic (exact) mass is 453 g/mol. The van der Waals surface area contributed by atoms with Crippen molar-refractivity contribution in [1.82, 2.24) is 9.29 Å². The van der Waals surface area contributed by atoms with Gasteiger partial charge in [-0.05, 0) is 56.9 Å². The van der Waals surface area contributed by atoms with Gasteiger partial charge in [-0.25, -0.2) is 17.7 Å². The zero-order valence-corrected chi connectivity index (χ0v) is 19.4. The van der Waals surface area contributed by atoms with Crippen LogP contribution >= 0.6 is 23.1 Å². The largest absolute Gasteiger partial charge is 0.326 e. The second-order valence-corrected chi connectivity index (χ2v) is 11.6. The maximum atomic E-state index is 12.8. The van der Waals surface area contributed by atoms with Crippen LogP contribution in [-0.4, -0.2) is 42.5 Å². The maximum absolute atomic E-state index is 12.8. The molecule has 2 aromatic rings. The minimum Gasteiger partial charge on any atom is -0.326 e. The van der Waals surface area contributed by atoms with Crippen molar-refractivity contribution in [1.29, 1.82) is 0 Å². The van der Waals surface area contributed by atoms with E-state index in [2.05, 4.69) is 10.3 Å². The average molecular weight is 454 g/mol. The second kappa shape index (κ2) is 9.59. The highest BCUT2D eigenvalue weighted by molar-refractivity contribution is 8.01. The molecule has 1 unspecified atom stereocenters. The van der Waals surface area contributed by atoms with Gasteiger partial charge in [0.2, 0.25) is 15.9 Å². The third-order valence-electron chi connectivity index (χ3n) is 4.87. The van der Waals surface area contributed by atoms with E-state index in [1.807, 2.05) is 44.4 Å². The molecule has 0 spiro atoms. The van der Waals surface area contributed by atoms with Crippen LogP contribution in [0.1, 0.15) is 37.4 Å². The first-order valence-corrected chi connectivity index (χ1v) is 13.1. The molecule has 9 heteroatoms. The molecule has 1 aliphatic heterocycles. The lowest BCUT2D eigenvalue weighted by Crippen LogP contribution is -2.44. The molecule has 3 rings (SSSR count). The molecule has 0 aliphatic carbocycles. The number of nitrogens with one attached hydrogen (secondary N) is 1. The normalized spacial score (nSPS) is 18.0. The summed E-state index contributed by atoms with van der Waals surface area (Å²) >= 11 is 3.22. The molecule has 1 aromatic heterocycles. The van der Waals surface area contributed by atoms with E-state index in [1.54, 1.807) is 23.1 Å². The number of aromatic nitrogens is 1. The molecular weight excluding hydrogens is 426 g/mol. The molecule has 1 amide bonds.